The van der Waals surface area contributed by atoms with E-state index in [1.165, 1.54) is 0 Å². The van der Waals surface area contributed by atoms with E-state index in [4.69, 9.17) is 10.00 Å². The Balaban J connectivity index is 2.78. The molecule has 0 aromatic carbocycles. The zero-order valence-electron chi connectivity index (χ0n) is 7.81. The molecule has 12 heavy (non-hydrogen) atoms. The average molecular weight is 170 g/mol. The summed E-state index contributed by atoms with van der Waals surface area (Å²) in [7, 11) is 0. The largest absolute Gasteiger partial charge is 0.380 e. The van der Waals surface area contributed by atoms with Crippen LogP contribution >= 0.6 is 0 Å². The van der Waals surface area contributed by atoms with Gasteiger partial charge in [-0.2, -0.15) is 5.26 Å². The summed E-state index contributed by atoms with van der Waals surface area (Å²) >= 11 is 0. The molecule has 0 fully saturated rings. The Kier molecular flexibility index (Phi) is 9.90. The fraction of sp³-hybridized carbons (Fsp3) is 0.889. The van der Waals surface area contributed by atoms with Crippen LogP contribution in [0.3, 0.4) is 0 Å². The number of hydrogen-bond donors (Lipinski definition) is 1. The van der Waals surface area contributed by atoms with Gasteiger partial charge in [0.25, 0.3) is 0 Å². The maximum Gasteiger partial charge on any atom is 0.0622 e. The number of hydrogen-bond acceptors (Lipinski definition) is 3. The Morgan fingerprint density at radius 3 is 2.83 bits per heavy atom. The van der Waals surface area contributed by atoms with Gasteiger partial charge in [0, 0.05) is 19.6 Å². The van der Waals surface area contributed by atoms with Crippen molar-refractivity contribution in [2.45, 2.75) is 26.2 Å². The minimum absolute atomic E-state index is 0.600. The minimum Gasteiger partial charge on any atom is -0.380 e. The smallest absolute Gasteiger partial charge is 0.0622 e. The van der Waals surface area contributed by atoms with Crippen LogP contribution in [0.4, 0.5) is 0 Å². The molecule has 0 saturated heterocycles. The molecule has 0 spiro atoms. The van der Waals surface area contributed by atoms with E-state index in [0.717, 1.165) is 32.5 Å². The normalized spacial score (nSPS) is 9.67. The highest BCUT2D eigenvalue weighted by atomic mass is 16.5. The second-order valence-electron chi connectivity index (χ2n) is 2.62. The molecule has 0 aromatic rings. The van der Waals surface area contributed by atoms with E-state index in [9.17, 15) is 0 Å². The van der Waals surface area contributed by atoms with Crippen molar-refractivity contribution in [1.29, 1.82) is 5.26 Å². The Bertz CT molecular complexity index is 120. The molecule has 0 unspecified atom stereocenters. The zero-order chi connectivity index (χ0) is 9.07. The SMILES string of the molecule is CCCNCCOCCCC#N. The predicted octanol–water partition coefficient (Wildman–Crippen LogP) is 1.31. The summed E-state index contributed by atoms with van der Waals surface area (Å²) in [5.41, 5.74) is 0. The summed E-state index contributed by atoms with van der Waals surface area (Å²) in [6, 6.07) is 2.08. The highest BCUT2D eigenvalue weighted by Gasteiger charge is 1.88. The predicted molar refractivity (Wildman–Crippen MR) is 48.8 cm³/mol. The lowest BCUT2D eigenvalue weighted by molar-refractivity contribution is 0.134. The van der Waals surface area contributed by atoms with Gasteiger partial charge in [-0.3, -0.25) is 0 Å². The highest BCUT2D eigenvalue weighted by molar-refractivity contribution is 4.67. The maximum absolute atomic E-state index is 8.22. The van der Waals surface area contributed by atoms with Crippen LogP contribution in [-0.4, -0.2) is 26.3 Å². The molecular formula is C9H18N2O. The van der Waals surface area contributed by atoms with Gasteiger partial charge in [-0.15, -0.1) is 0 Å². The third-order valence-corrected chi connectivity index (χ3v) is 1.43. The standard InChI is InChI=1S/C9H18N2O/c1-2-6-11-7-9-12-8-4-3-5-10/h11H,2-4,6-9H2,1H3. The molecule has 0 bridgehead atoms. The van der Waals surface area contributed by atoms with Gasteiger partial charge < -0.3 is 10.1 Å². The van der Waals surface area contributed by atoms with Crippen molar-refractivity contribution in [2.24, 2.45) is 0 Å². The minimum atomic E-state index is 0.600. The quantitative estimate of drug-likeness (QED) is 0.558. The first kappa shape index (κ1) is 11.4. The van der Waals surface area contributed by atoms with Gasteiger partial charge in [-0.05, 0) is 19.4 Å². The molecule has 0 rings (SSSR count). The Hall–Kier alpha value is -0.590. The van der Waals surface area contributed by atoms with E-state index < -0.39 is 0 Å². The monoisotopic (exact) mass is 170 g/mol. The van der Waals surface area contributed by atoms with Crippen molar-refractivity contribution >= 4 is 0 Å². The van der Waals surface area contributed by atoms with Gasteiger partial charge in [0.2, 0.25) is 0 Å². The number of nitrogens with one attached hydrogen (secondary N) is 1. The lowest BCUT2D eigenvalue weighted by Gasteiger charge is -2.03. The third-order valence-electron chi connectivity index (χ3n) is 1.43. The van der Waals surface area contributed by atoms with Crippen molar-refractivity contribution in [3.05, 3.63) is 0 Å². The second kappa shape index (κ2) is 10.4. The molecule has 0 aliphatic rings. The van der Waals surface area contributed by atoms with E-state index in [0.29, 0.717) is 13.0 Å². The summed E-state index contributed by atoms with van der Waals surface area (Å²) in [4.78, 5) is 0. The molecule has 0 amide bonds. The molecular weight excluding hydrogens is 152 g/mol. The van der Waals surface area contributed by atoms with Crippen LogP contribution in [0.1, 0.15) is 26.2 Å². The van der Waals surface area contributed by atoms with Crippen molar-refractivity contribution in [2.75, 3.05) is 26.3 Å². The highest BCUT2D eigenvalue weighted by Crippen LogP contribution is 1.86. The van der Waals surface area contributed by atoms with Crippen LogP contribution in [0.2, 0.25) is 0 Å². The van der Waals surface area contributed by atoms with E-state index in [1.807, 2.05) is 0 Å². The first-order valence-corrected chi connectivity index (χ1v) is 4.57. The van der Waals surface area contributed by atoms with Gasteiger partial charge in [-0.1, -0.05) is 6.92 Å². The van der Waals surface area contributed by atoms with E-state index in [2.05, 4.69) is 18.3 Å². The molecule has 0 saturated carbocycles. The summed E-state index contributed by atoms with van der Waals surface area (Å²) in [6.07, 6.45) is 2.61. The first-order chi connectivity index (χ1) is 5.91. The molecule has 0 aromatic heterocycles. The lowest BCUT2D eigenvalue weighted by Crippen LogP contribution is -2.20. The zero-order valence-corrected chi connectivity index (χ0v) is 7.81. The molecule has 0 aliphatic heterocycles. The van der Waals surface area contributed by atoms with Crippen molar-refractivity contribution in [1.82, 2.24) is 5.32 Å². The molecule has 1 N–H and O–H groups in total. The molecule has 0 radical (unpaired) electrons. The van der Waals surface area contributed by atoms with Crippen molar-refractivity contribution in [3.8, 4) is 6.07 Å². The Morgan fingerprint density at radius 2 is 2.17 bits per heavy atom. The van der Waals surface area contributed by atoms with Crippen LogP contribution in [-0.2, 0) is 4.74 Å². The topological polar surface area (TPSA) is 45.0 Å². The first-order valence-electron chi connectivity index (χ1n) is 4.57. The average Bonchev–Trinajstić information content (AvgIpc) is 2.10. The molecule has 0 aliphatic carbocycles. The van der Waals surface area contributed by atoms with Crippen LogP contribution < -0.4 is 5.32 Å². The number of nitriles is 1. The van der Waals surface area contributed by atoms with E-state index in [-0.39, 0.29) is 0 Å². The van der Waals surface area contributed by atoms with Gasteiger partial charge in [-0.25, -0.2) is 0 Å². The Morgan fingerprint density at radius 1 is 1.33 bits per heavy atom. The molecule has 0 heterocycles. The van der Waals surface area contributed by atoms with Crippen LogP contribution in [0.15, 0.2) is 0 Å². The van der Waals surface area contributed by atoms with Crippen molar-refractivity contribution < 1.29 is 4.74 Å². The molecule has 70 valence electrons. The summed E-state index contributed by atoms with van der Waals surface area (Å²) in [6.45, 7) is 5.58. The second-order valence-corrected chi connectivity index (χ2v) is 2.62. The third kappa shape index (κ3) is 9.41. The Labute approximate surface area is 74.7 Å². The van der Waals surface area contributed by atoms with Gasteiger partial charge in [0.05, 0.1) is 12.7 Å². The van der Waals surface area contributed by atoms with Crippen LogP contribution in [0.25, 0.3) is 0 Å². The maximum atomic E-state index is 8.22. The molecule has 0 atom stereocenters. The fourth-order valence-electron chi connectivity index (χ4n) is 0.801. The summed E-state index contributed by atoms with van der Waals surface area (Å²) in [5.74, 6) is 0. The summed E-state index contributed by atoms with van der Waals surface area (Å²) < 4.78 is 5.27. The van der Waals surface area contributed by atoms with Crippen LogP contribution in [0.5, 0.6) is 0 Å². The lowest BCUT2D eigenvalue weighted by atomic mass is 10.3. The van der Waals surface area contributed by atoms with E-state index in [1.54, 1.807) is 0 Å². The number of nitrogens with zero attached hydrogens (tertiary/aromatic N) is 1. The van der Waals surface area contributed by atoms with Crippen molar-refractivity contribution in [3.63, 3.8) is 0 Å². The number of unbranched alkanes of at least 4 members (excludes halogenated alkanes) is 1. The fourth-order valence-corrected chi connectivity index (χ4v) is 0.801. The summed E-state index contributed by atoms with van der Waals surface area (Å²) in [5, 5.41) is 11.5. The van der Waals surface area contributed by atoms with Gasteiger partial charge in [0.1, 0.15) is 0 Å². The molecule has 3 heteroatoms. The van der Waals surface area contributed by atoms with Crippen LogP contribution in [0, 0.1) is 11.3 Å². The van der Waals surface area contributed by atoms with Gasteiger partial charge >= 0.3 is 0 Å². The molecule has 3 nitrogen and oxygen atoms in total. The van der Waals surface area contributed by atoms with E-state index >= 15 is 0 Å². The van der Waals surface area contributed by atoms with Gasteiger partial charge in [0.15, 0.2) is 0 Å². The number of rotatable bonds is 8. The number of ether oxygens (including phenoxy) is 1.